The second-order valence-electron chi connectivity index (χ2n) is 7.70. The Hall–Kier alpha value is -2.73. The number of anilines is 1. The van der Waals surface area contributed by atoms with E-state index in [-0.39, 0.29) is 12.5 Å². The standard InChI is InChI=1S/C22H25N3O3/c1-14-23-12-20(28-14)17-6-7-18-11-24-21(10-19(18)9-17)25-22(27)8-15-2-4-16(13-26)5-3-15/h6-7,9-12,15-16,26H,2-5,8,13H2,1H3,(H,24,25,27). The molecule has 1 aliphatic carbocycles. The molecule has 2 aromatic heterocycles. The zero-order chi connectivity index (χ0) is 19.5. The number of carbonyl (C=O) groups is 1. The first kappa shape index (κ1) is 18.6. The quantitative estimate of drug-likeness (QED) is 0.689. The van der Waals surface area contributed by atoms with Crippen molar-refractivity contribution in [2.75, 3.05) is 11.9 Å². The molecule has 3 aromatic rings. The summed E-state index contributed by atoms with van der Waals surface area (Å²) in [5, 5.41) is 14.2. The van der Waals surface area contributed by atoms with Gasteiger partial charge in [0.15, 0.2) is 11.7 Å². The van der Waals surface area contributed by atoms with Gasteiger partial charge >= 0.3 is 0 Å². The fourth-order valence-corrected chi connectivity index (χ4v) is 3.93. The van der Waals surface area contributed by atoms with E-state index in [1.807, 2.05) is 31.2 Å². The van der Waals surface area contributed by atoms with Gasteiger partial charge in [0.25, 0.3) is 0 Å². The summed E-state index contributed by atoms with van der Waals surface area (Å²) in [6.07, 6.45) is 8.01. The normalized spacial score (nSPS) is 19.6. The van der Waals surface area contributed by atoms with Crippen LogP contribution in [0, 0.1) is 18.8 Å². The fraction of sp³-hybridized carbons (Fsp3) is 0.409. The van der Waals surface area contributed by atoms with Crippen LogP contribution in [0.3, 0.4) is 0 Å². The van der Waals surface area contributed by atoms with Crippen LogP contribution in [-0.2, 0) is 4.79 Å². The summed E-state index contributed by atoms with van der Waals surface area (Å²) in [6.45, 7) is 2.08. The summed E-state index contributed by atoms with van der Waals surface area (Å²) in [4.78, 5) is 21.0. The van der Waals surface area contributed by atoms with Crippen LogP contribution in [0.1, 0.15) is 38.0 Å². The van der Waals surface area contributed by atoms with Gasteiger partial charge in [-0.25, -0.2) is 9.97 Å². The Bertz CT molecular complexity index is 974. The van der Waals surface area contributed by atoms with Gasteiger partial charge in [-0.1, -0.05) is 12.1 Å². The minimum Gasteiger partial charge on any atom is -0.441 e. The van der Waals surface area contributed by atoms with Gasteiger partial charge in [0.2, 0.25) is 5.91 Å². The lowest BCUT2D eigenvalue weighted by atomic mass is 9.81. The van der Waals surface area contributed by atoms with Crippen molar-refractivity contribution in [1.29, 1.82) is 0 Å². The first-order valence-corrected chi connectivity index (χ1v) is 9.84. The monoisotopic (exact) mass is 379 g/mol. The zero-order valence-corrected chi connectivity index (χ0v) is 16.0. The van der Waals surface area contributed by atoms with Gasteiger partial charge in [-0.2, -0.15) is 0 Å². The molecule has 0 unspecified atom stereocenters. The maximum atomic E-state index is 12.4. The van der Waals surface area contributed by atoms with Crippen molar-refractivity contribution in [3.05, 3.63) is 42.5 Å². The summed E-state index contributed by atoms with van der Waals surface area (Å²) >= 11 is 0. The van der Waals surface area contributed by atoms with Crippen LogP contribution >= 0.6 is 0 Å². The number of aliphatic hydroxyl groups excluding tert-OH is 1. The number of nitrogens with one attached hydrogen (secondary N) is 1. The van der Waals surface area contributed by atoms with E-state index < -0.39 is 0 Å². The summed E-state index contributed by atoms with van der Waals surface area (Å²) < 4.78 is 5.60. The summed E-state index contributed by atoms with van der Waals surface area (Å²) in [5.74, 6) is 2.72. The van der Waals surface area contributed by atoms with E-state index in [0.29, 0.717) is 30.0 Å². The number of aromatic nitrogens is 2. The molecular weight excluding hydrogens is 354 g/mol. The average Bonchev–Trinajstić information content (AvgIpc) is 3.14. The number of fused-ring (bicyclic) bond motifs is 1. The highest BCUT2D eigenvalue weighted by atomic mass is 16.4. The number of hydrogen-bond donors (Lipinski definition) is 2. The number of carbonyl (C=O) groups excluding carboxylic acids is 1. The molecular formula is C22H25N3O3. The van der Waals surface area contributed by atoms with Gasteiger partial charge in [0.1, 0.15) is 5.82 Å². The number of hydrogen-bond acceptors (Lipinski definition) is 5. The predicted octanol–water partition coefficient (Wildman–Crippen LogP) is 4.33. The molecule has 0 radical (unpaired) electrons. The number of nitrogens with zero attached hydrogens (tertiary/aromatic N) is 2. The van der Waals surface area contributed by atoms with Crippen molar-refractivity contribution in [1.82, 2.24) is 9.97 Å². The number of amides is 1. The van der Waals surface area contributed by atoms with Crippen molar-refractivity contribution in [2.24, 2.45) is 11.8 Å². The first-order chi connectivity index (χ1) is 13.6. The molecule has 1 amide bonds. The number of aliphatic hydroxyl groups is 1. The molecule has 6 heteroatoms. The molecule has 0 aliphatic heterocycles. The lowest BCUT2D eigenvalue weighted by Gasteiger charge is -2.26. The Balaban J connectivity index is 1.44. The Morgan fingerprint density at radius 2 is 1.89 bits per heavy atom. The van der Waals surface area contributed by atoms with E-state index in [9.17, 15) is 9.90 Å². The van der Waals surface area contributed by atoms with Crippen LogP contribution in [0.5, 0.6) is 0 Å². The number of aryl methyl sites for hydroxylation is 1. The molecule has 146 valence electrons. The van der Waals surface area contributed by atoms with E-state index >= 15 is 0 Å². The van der Waals surface area contributed by atoms with Gasteiger partial charge in [-0.15, -0.1) is 0 Å². The van der Waals surface area contributed by atoms with Crippen LogP contribution in [0.2, 0.25) is 0 Å². The van der Waals surface area contributed by atoms with Gasteiger partial charge in [0.05, 0.1) is 6.20 Å². The molecule has 6 nitrogen and oxygen atoms in total. The Morgan fingerprint density at radius 1 is 1.11 bits per heavy atom. The second-order valence-corrected chi connectivity index (χ2v) is 7.70. The van der Waals surface area contributed by atoms with E-state index in [1.165, 1.54) is 0 Å². The van der Waals surface area contributed by atoms with Crippen LogP contribution in [-0.4, -0.2) is 27.6 Å². The first-order valence-electron chi connectivity index (χ1n) is 9.84. The molecule has 2 heterocycles. The SMILES string of the molecule is Cc1ncc(-c2ccc3cnc(NC(=O)CC4CCC(CO)CC4)cc3c2)o1. The summed E-state index contributed by atoms with van der Waals surface area (Å²) in [5.41, 5.74) is 0.942. The van der Waals surface area contributed by atoms with Gasteiger partial charge in [0, 0.05) is 37.1 Å². The van der Waals surface area contributed by atoms with Crippen molar-refractivity contribution in [2.45, 2.75) is 39.0 Å². The van der Waals surface area contributed by atoms with E-state index in [2.05, 4.69) is 15.3 Å². The predicted molar refractivity (Wildman–Crippen MR) is 108 cm³/mol. The molecule has 1 aliphatic rings. The van der Waals surface area contributed by atoms with Crippen LogP contribution in [0.4, 0.5) is 5.82 Å². The Labute approximate surface area is 164 Å². The smallest absolute Gasteiger partial charge is 0.225 e. The molecule has 2 N–H and O–H groups in total. The molecule has 1 aromatic carbocycles. The summed E-state index contributed by atoms with van der Waals surface area (Å²) in [7, 11) is 0. The lowest BCUT2D eigenvalue weighted by molar-refractivity contribution is -0.117. The fourth-order valence-electron chi connectivity index (χ4n) is 3.93. The van der Waals surface area contributed by atoms with Gasteiger partial charge in [-0.05, 0) is 55.0 Å². The highest BCUT2D eigenvalue weighted by molar-refractivity contribution is 5.93. The van der Waals surface area contributed by atoms with Crippen molar-refractivity contribution in [3.63, 3.8) is 0 Å². The maximum absolute atomic E-state index is 12.4. The molecule has 0 atom stereocenters. The Kier molecular flexibility index (Phi) is 5.39. The largest absolute Gasteiger partial charge is 0.441 e. The van der Waals surface area contributed by atoms with E-state index in [4.69, 9.17) is 4.42 Å². The molecule has 0 bridgehead atoms. The molecule has 0 saturated heterocycles. The molecule has 4 rings (SSSR count). The summed E-state index contributed by atoms with van der Waals surface area (Å²) in [6, 6.07) is 7.87. The number of oxazole rings is 1. The van der Waals surface area contributed by atoms with Gasteiger partial charge < -0.3 is 14.8 Å². The Morgan fingerprint density at radius 3 is 2.61 bits per heavy atom. The van der Waals surface area contributed by atoms with Crippen molar-refractivity contribution >= 4 is 22.5 Å². The van der Waals surface area contributed by atoms with Crippen LogP contribution in [0.25, 0.3) is 22.1 Å². The van der Waals surface area contributed by atoms with Crippen molar-refractivity contribution < 1.29 is 14.3 Å². The number of benzene rings is 1. The third kappa shape index (κ3) is 4.22. The van der Waals surface area contributed by atoms with Crippen LogP contribution < -0.4 is 5.32 Å². The average molecular weight is 379 g/mol. The molecule has 28 heavy (non-hydrogen) atoms. The minimum absolute atomic E-state index is 0.00122. The number of rotatable bonds is 5. The molecule has 1 saturated carbocycles. The second kappa shape index (κ2) is 8.10. The van der Waals surface area contributed by atoms with Crippen molar-refractivity contribution in [3.8, 4) is 11.3 Å². The number of pyridine rings is 1. The highest BCUT2D eigenvalue weighted by Crippen LogP contribution is 2.31. The molecule has 1 fully saturated rings. The maximum Gasteiger partial charge on any atom is 0.225 e. The van der Waals surface area contributed by atoms with E-state index in [0.717, 1.165) is 47.8 Å². The van der Waals surface area contributed by atoms with Crippen LogP contribution in [0.15, 0.2) is 41.1 Å². The lowest BCUT2D eigenvalue weighted by Crippen LogP contribution is -2.22. The van der Waals surface area contributed by atoms with Gasteiger partial charge in [-0.3, -0.25) is 4.79 Å². The third-order valence-corrected chi connectivity index (χ3v) is 5.59. The topological polar surface area (TPSA) is 88.2 Å². The van der Waals surface area contributed by atoms with E-state index in [1.54, 1.807) is 12.4 Å². The highest BCUT2D eigenvalue weighted by Gasteiger charge is 2.22. The minimum atomic E-state index is 0.00122. The molecule has 0 spiro atoms. The third-order valence-electron chi connectivity index (χ3n) is 5.59. The zero-order valence-electron chi connectivity index (χ0n) is 16.0.